The van der Waals surface area contributed by atoms with Gasteiger partial charge in [-0.2, -0.15) is 0 Å². The summed E-state index contributed by atoms with van der Waals surface area (Å²) < 4.78 is 1.12. The molecule has 3 heteroatoms. The first-order valence-electron chi connectivity index (χ1n) is 3.15. The minimum absolute atomic E-state index is 0.128. The van der Waals surface area contributed by atoms with Gasteiger partial charge in [0.1, 0.15) is 4.11 Å². The molecule has 56 valence electrons. The van der Waals surface area contributed by atoms with Crippen molar-refractivity contribution in [3.63, 3.8) is 0 Å². The van der Waals surface area contributed by atoms with Crippen molar-refractivity contribution in [3.05, 3.63) is 0 Å². The zero-order chi connectivity index (χ0) is 7.11. The highest BCUT2D eigenvalue weighted by molar-refractivity contribution is 14.1. The van der Waals surface area contributed by atoms with E-state index in [0.29, 0.717) is 0 Å². The molecule has 9 heavy (non-hydrogen) atoms. The molecule has 0 aliphatic rings. The fraction of sp³-hybridized carbons (Fsp3) is 1.00. The molecule has 1 nitrogen and oxygen atoms in total. The highest BCUT2D eigenvalue weighted by Crippen LogP contribution is 2.08. The first-order chi connectivity index (χ1) is 4.27. The van der Waals surface area contributed by atoms with E-state index in [1.165, 1.54) is 23.7 Å². The lowest BCUT2D eigenvalue weighted by molar-refractivity contribution is 0.264. The predicted molar refractivity (Wildman–Crippen MR) is 57.4 cm³/mol. The summed E-state index contributed by atoms with van der Waals surface area (Å²) >= 11 is 4.43. The maximum Gasteiger partial charge on any atom is 0.105 e. The van der Waals surface area contributed by atoms with Crippen LogP contribution in [0.5, 0.6) is 0 Å². The van der Waals surface area contributed by atoms with Gasteiger partial charge >= 0.3 is 0 Å². The molecule has 0 spiro atoms. The molecular weight excluding hydrogens is 342 g/mol. The van der Waals surface area contributed by atoms with E-state index < -0.39 is 0 Å². The van der Waals surface area contributed by atoms with Gasteiger partial charge < -0.3 is 5.11 Å². The molecule has 0 aromatic rings. The number of aliphatic hydroxyl groups is 1. The number of alkyl halides is 2. The van der Waals surface area contributed by atoms with E-state index in [4.69, 9.17) is 5.11 Å². The van der Waals surface area contributed by atoms with Gasteiger partial charge in [0.25, 0.3) is 0 Å². The first kappa shape index (κ1) is 10.4. The molecule has 1 unspecified atom stereocenters. The van der Waals surface area contributed by atoms with Crippen LogP contribution < -0.4 is 0 Å². The normalized spacial score (nSPS) is 13.7. The fourth-order valence-electron chi connectivity index (χ4n) is 0.584. The summed E-state index contributed by atoms with van der Waals surface area (Å²) in [5.41, 5.74) is 0. The topological polar surface area (TPSA) is 20.2 Å². The van der Waals surface area contributed by atoms with Crippen LogP contribution in [-0.4, -0.2) is 13.6 Å². The lowest BCUT2D eigenvalue weighted by atomic mass is 10.2. The third kappa shape index (κ3) is 9.42. The van der Waals surface area contributed by atoms with Crippen molar-refractivity contribution in [2.75, 3.05) is 4.43 Å². The number of unbranched alkanes of at least 4 members (excludes halogenated alkanes) is 2. The van der Waals surface area contributed by atoms with E-state index in [1.807, 2.05) is 22.6 Å². The quantitative estimate of drug-likeness (QED) is 0.458. The zero-order valence-corrected chi connectivity index (χ0v) is 9.63. The van der Waals surface area contributed by atoms with Gasteiger partial charge in [-0.1, -0.05) is 58.0 Å². The van der Waals surface area contributed by atoms with Crippen molar-refractivity contribution in [3.8, 4) is 0 Å². The van der Waals surface area contributed by atoms with Gasteiger partial charge in [-0.25, -0.2) is 0 Å². The summed E-state index contributed by atoms with van der Waals surface area (Å²) in [6.07, 6.45) is 4.69. The zero-order valence-electron chi connectivity index (χ0n) is 5.32. The maximum atomic E-state index is 8.84. The highest BCUT2D eigenvalue weighted by atomic mass is 127. The number of aliphatic hydroxyl groups excluding tert-OH is 1. The van der Waals surface area contributed by atoms with Crippen LogP contribution in [0.3, 0.4) is 0 Å². The Kier molecular flexibility index (Phi) is 8.71. The van der Waals surface area contributed by atoms with Crippen LogP contribution in [0.25, 0.3) is 0 Å². The highest BCUT2D eigenvalue weighted by Gasteiger charge is 1.95. The molecule has 0 fully saturated rings. The molecular formula is C6H12I2O. The molecule has 0 aromatic heterocycles. The van der Waals surface area contributed by atoms with Crippen molar-refractivity contribution in [2.24, 2.45) is 0 Å². The largest absolute Gasteiger partial charge is 0.383 e. The van der Waals surface area contributed by atoms with Crippen LogP contribution >= 0.6 is 45.2 Å². The molecule has 1 atom stereocenters. The van der Waals surface area contributed by atoms with Gasteiger partial charge in [-0.15, -0.1) is 0 Å². The van der Waals surface area contributed by atoms with Gasteiger partial charge in [0, 0.05) is 0 Å². The molecule has 1 N–H and O–H groups in total. The minimum Gasteiger partial charge on any atom is -0.383 e. The van der Waals surface area contributed by atoms with Crippen LogP contribution in [-0.2, 0) is 0 Å². The third-order valence-corrected chi connectivity index (χ3v) is 2.46. The van der Waals surface area contributed by atoms with Crippen molar-refractivity contribution >= 4 is 45.2 Å². The van der Waals surface area contributed by atoms with Crippen molar-refractivity contribution in [2.45, 2.75) is 29.8 Å². The van der Waals surface area contributed by atoms with Gasteiger partial charge in [0.05, 0.1) is 0 Å². The average molecular weight is 354 g/mol. The summed E-state index contributed by atoms with van der Waals surface area (Å²) in [6.45, 7) is 0. The Morgan fingerprint density at radius 3 is 2.33 bits per heavy atom. The van der Waals surface area contributed by atoms with E-state index in [9.17, 15) is 0 Å². The molecule has 0 saturated heterocycles. The summed E-state index contributed by atoms with van der Waals surface area (Å²) in [4.78, 5) is 0. The van der Waals surface area contributed by atoms with E-state index in [-0.39, 0.29) is 4.11 Å². The third-order valence-electron chi connectivity index (χ3n) is 1.08. The van der Waals surface area contributed by atoms with Gasteiger partial charge in [0.15, 0.2) is 0 Å². The maximum absolute atomic E-state index is 8.84. The Hall–Kier alpha value is 1.42. The first-order valence-corrected chi connectivity index (χ1v) is 5.92. The molecule has 0 aromatic carbocycles. The van der Waals surface area contributed by atoms with Crippen LogP contribution in [0.1, 0.15) is 25.7 Å². The summed E-state index contributed by atoms with van der Waals surface area (Å²) in [7, 11) is 0. The smallest absolute Gasteiger partial charge is 0.105 e. The van der Waals surface area contributed by atoms with Gasteiger partial charge in [-0.3, -0.25) is 0 Å². The second-order valence-electron chi connectivity index (χ2n) is 1.97. The Labute approximate surface area is 83.9 Å². The van der Waals surface area contributed by atoms with Crippen molar-refractivity contribution in [1.82, 2.24) is 0 Å². The molecule has 0 rings (SSSR count). The molecule has 0 amide bonds. The Morgan fingerprint density at radius 1 is 1.22 bits per heavy atom. The molecule has 0 aliphatic heterocycles. The molecule has 0 aliphatic carbocycles. The average Bonchev–Trinajstić information content (AvgIpc) is 1.80. The summed E-state index contributed by atoms with van der Waals surface area (Å²) in [5.74, 6) is 0. The van der Waals surface area contributed by atoms with Crippen LogP contribution in [0, 0.1) is 0 Å². The van der Waals surface area contributed by atoms with E-state index >= 15 is 0 Å². The van der Waals surface area contributed by atoms with Crippen molar-refractivity contribution in [1.29, 1.82) is 0 Å². The van der Waals surface area contributed by atoms with Gasteiger partial charge in [-0.05, 0) is 17.3 Å². The van der Waals surface area contributed by atoms with Crippen LogP contribution in [0.15, 0.2) is 0 Å². The van der Waals surface area contributed by atoms with Gasteiger partial charge in [0.2, 0.25) is 0 Å². The van der Waals surface area contributed by atoms with Crippen LogP contribution in [0.2, 0.25) is 0 Å². The van der Waals surface area contributed by atoms with E-state index in [0.717, 1.165) is 6.42 Å². The molecule has 0 saturated carbocycles. The number of halogens is 2. The minimum atomic E-state index is -0.128. The van der Waals surface area contributed by atoms with E-state index in [1.54, 1.807) is 0 Å². The van der Waals surface area contributed by atoms with Crippen molar-refractivity contribution < 1.29 is 5.11 Å². The van der Waals surface area contributed by atoms with Crippen LogP contribution in [0.4, 0.5) is 0 Å². The summed E-state index contributed by atoms with van der Waals surface area (Å²) in [5, 5.41) is 8.84. The number of rotatable bonds is 5. The second-order valence-corrected chi connectivity index (χ2v) is 4.49. The molecule has 0 heterocycles. The monoisotopic (exact) mass is 354 g/mol. The Balaban J connectivity index is 2.75. The Morgan fingerprint density at radius 2 is 1.89 bits per heavy atom. The standard InChI is InChI=1S/C6H12I2O/c7-5-3-1-2-4-6(8)9/h6,9H,1-5H2. The lowest BCUT2D eigenvalue weighted by Gasteiger charge is -1.99. The number of hydrogen-bond donors (Lipinski definition) is 1. The van der Waals surface area contributed by atoms with E-state index in [2.05, 4.69) is 22.6 Å². The Bertz CT molecular complexity index is 57.0. The lowest BCUT2D eigenvalue weighted by Crippen LogP contribution is -1.93. The second kappa shape index (κ2) is 7.53. The number of hydrogen-bond acceptors (Lipinski definition) is 1. The summed E-state index contributed by atoms with van der Waals surface area (Å²) in [6, 6.07) is 0. The molecule has 0 bridgehead atoms. The fourth-order valence-corrected chi connectivity index (χ4v) is 1.56. The predicted octanol–water partition coefficient (Wildman–Crippen LogP) is 2.74. The molecule has 0 radical (unpaired) electrons. The SMILES string of the molecule is OC(I)CCCCCI.